The Kier molecular flexibility index (Phi) is 2.94. The molecule has 0 spiro atoms. The fraction of sp³-hybridized carbons (Fsp3) is 0.737. The average molecular weight is 270 g/mol. The molecule has 2 saturated carbocycles. The molecule has 0 radical (unpaired) electrons. The van der Waals surface area contributed by atoms with Crippen LogP contribution < -0.4 is 0 Å². The predicted molar refractivity (Wildman–Crippen MR) is 81.3 cm³/mol. The molecule has 4 atom stereocenters. The Morgan fingerprint density at radius 3 is 2.70 bits per heavy atom. The predicted octanol–water partition coefficient (Wildman–Crippen LogP) is 4.83. The minimum absolute atomic E-state index is 0.0459. The minimum Gasteiger partial charge on any atom is -0.299 e. The second-order valence-electron chi connectivity index (χ2n) is 7.78. The van der Waals surface area contributed by atoms with E-state index in [0.29, 0.717) is 11.7 Å². The molecule has 0 saturated heterocycles. The van der Waals surface area contributed by atoms with E-state index in [4.69, 9.17) is 0 Å². The molecule has 0 heterocycles. The van der Waals surface area contributed by atoms with Gasteiger partial charge in [0.05, 0.1) is 0 Å². The molecule has 0 aromatic heterocycles. The van der Waals surface area contributed by atoms with Crippen molar-refractivity contribution in [1.82, 2.24) is 0 Å². The molecule has 20 heavy (non-hydrogen) atoms. The molecule has 2 fully saturated rings. The third kappa shape index (κ3) is 1.78. The molecule has 1 heteroatoms. The standard InChI is InChI=1S/C19H26O/c1-19-11-10-15-12-14-5-3-2-4-13(14)6-7-16(15)17(19)8-9-18(19)20/h2-3,15-17H,4-12H2,1H3. The highest BCUT2D eigenvalue weighted by Crippen LogP contribution is 2.57. The zero-order chi connectivity index (χ0) is 13.7. The third-order valence-corrected chi connectivity index (χ3v) is 6.98. The monoisotopic (exact) mass is 270 g/mol. The number of carbonyl (C=O) groups is 1. The Morgan fingerprint density at radius 2 is 1.85 bits per heavy atom. The first-order chi connectivity index (χ1) is 9.68. The number of carbonyl (C=O) groups excluding carboxylic acids is 1. The van der Waals surface area contributed by atoms with Gasteiger partial charge in [0.1, 0.15) is 5.78 Å². The van der Waals surface area contributed by atoms with Crippen molar-refractivity contribution in [2.24, 2.45) is 23.2 Å². The van der Waals surface area contributed by atoms with Crippen LogP contribution >= 0.6 is 0 Å². The minimum atomic E-state index is 0.0459. The van der Waals surface area contributed by atoms with E-state index in [-0.39, 0.29) is 5.41 Å². The number of hydrogen-bond donors (Lipinski definition) is 0. The third-order valence-electron chi connectivity index (χ3n) is 6.98. The van der Waals surface area contributed by atoms with Gasteiger partial charge in [0.2, 0.25) is 0 Å². The summed E-state index contributed by atoms with van der Waals surface area (Å²) >= 11 is 0. The highest BCUT2D eigenvalue weighted by Gasteiger charge is 2.53. The number of rotatable bonds is 0. The van der Waals surface area contributed by atoms with Crippen molar-refractivity contribution in [2.75, 3.05) is 0 Å². The molecule has 4 aliphatic rings. The van der Waals surface area contributed by atoms with Crippen molar-refractivity contribution in [1.29, 1.82) is 0 Å². The van der Waals surface area contributed by atoms with Crippen LogP contribution in [0.1, 0.15) is 64.7 Å². The fourth-order valence-electron chi connectivity index (χ4n) is 5.73. The van der Waals surface area contributed by atoms with Gasteiger partial charge in [-0.2, -0.15) is 0 Å². The van der Waals surface area contributed by atoms with Crippen molar-refractivity contribution in [3.8, 4) is 0 Å². The Bertz CT molecular complexity index is 498. The molecule has 0 aromatic rings. The van der Waals surface area contributed by atoms with E-state index in [1.54, 1.807) is 11.1 Å². The van der Waals surface area contributed by atoms with E-state index in [1.165, 1.54) is 44.9 Å². The van der Waals surface area contributed by atoms with E-state index < -0.39 is 0 Å². The lowest BCUT2D eigenvalue weighted by molar-refractivity contribution is -0.129. The van der Waals surface area contributed by atoms with Gasteiger partial charge in [-0.05, 0) is 69.1 Å². The van der Waals surface area contributed by atoms with E-state index in [1.807, 2.05) is 0 Å². The van der Waals surface area contributed by atoms with E-state index >= 15 is 0 Å². The summed E-state index contributed by atoms with van der Waals surface area (Å²) in [6, 6.07) is 0. The molecular weight excluding hydrogens is 244 g/mol. The van der Waals surface area contributed by atoms with Gasteiger partial charge in [0.25, 0.3) is 0 Å². The Labute approximate surface area is 122 Å². The molecular formula is C19H26O. The highest BCUT2D eigenvalue weighted by atomic mass is 16.1. The lowest BCUT2D eigenvalue weighted by atomic mass is 9.58. The Balaban J connectivity index is 1.61. The zero-order valence-electron chi connectivity index (χ0n) is 12.7. The number of Topliss-reactive ketones (excluding diaryl/α,β-unsaturated/α-hetero) is 1. The molecule has 1 nitrogen and oxygen atoms in total. The largest absolute Gasteiger partial charge is 0.299 e. The normalized spacial score (nSPS) is 43.9. The first-order valence-electron chi connectivity index (χ1n) is 8.56. The molecule has 4 rings (SSSR count). The molecule has 4 unspecified atom stereocenters. The number of fused-ring (bicyclic) bond motifs is 3. The Morgan fingerprint density at radius 1 is 1.05 bits per heavy atom. The first-order valence-corrected chi connectivity index (χ1v) is 8.56. The van der Waals surface area contributed by atoms with Crippen molar-refractivity contribution >= 4 is 5.78 Å². The summed E-state index contributed by atoms with van der Waals surface area (Å²) in [5, 5.41) is 0. The topological polar surface area (TPSA) is 17.1 Å². The van der Waals surface area contributed by atoms with Crippen molar-refractivity contribution in [3.05, 3.63) is 23.3 Å². The van der Waals surface area contributed by atoms with Crippen molar-refractivity contribution in [3.63, 3.8) is 0 Å². The maximum absolute atomic E-state index is 12.3. The summed E-state index contributed by atoms with van der Waals surface area (Å²) < 4.78 is 0. The van der Waals surface area contributed by atoms with Crippen LogP contribution in [-0.2, 0) is 4.79 Å². The van der Waals surface area contributed by atoms with Crippen LogP contribution in [0, 0.1) is 23.2 Å². The summed E-state index contributed by atoms with van der Waals surface area (Å²) in [5.41, 5.74) is 3.55. The molecule has 0 N–H and O–H groups in total. The molecule has 108 valence electrons. The van der Waals surface area contributed by atoms with E-state index in [2.05, 4.69) is 19.1 Å². The first kappa shape index (κ1) is 12.9. The molecule has 4 aliphatic carbocycles. The van der Waals surface area contributed by atoms with Gasteiger partial charge in [-0.15, -0.1) is 0 Å². The van der Waals surface area contributed by atoms with Gasteiger partial charge in [-0.1, -0.05) is 30.2 Å². The van der Waals surface area contributed by atoms with Crippen LogP contribution in [0.15, 0.2) is 23.3 Å². The summed E-state index contributed by atoms with van der Waals surface area (Å²) in [5.74, 6) is 2.97. The quantitative estimate of drug-likeness (QED) is 0.576. The van der Waals surface area contributed by atoms with Crippen LogP contribution in [-0.4, -0.2) is 5.78 Å². The van der Waals surface area contributed by atoms with Crippen LogP contribution in [0.3, 0.4) is 0 Å². The van der Waals surface area contributed by atoms with Crippen LogP contribution in [0.5, 0.6) is 0 Å². The lowest BCUT2D eigenvalue weighted by Crippen LogP contribution is -2.41. The van der Waals surface area contributed by atoms with Crippen LogP contribution in [0.2, 0.25) is 0 Å². The van der Waals surface area contributed by atoms with Gasteiger partial charge < -0.3 is 0 Å². The fourth-order valence-corrected chi connectivity index (χ4v) is 5.73. The molecule has 0 amide bonds. The van der Waals surface area contributed by atoms with Gasteiger partial charge in [0.15, 0.2) is 0 Å². The SMILES string of the molecule is CC12CCC3CC4=C(CC=CC4)CCC3C1CCC2=O. The van der Waals surface area contributed by atoms with Gasteiger partial charge in [-0.3, -0.25) is 4.79 Å². The maximum atomic E-state index is 12.3. The molecule has 0 aromatic carbocycles. The van der Waals surface area contributed by atoms with Gasteiger partial charge >= 0.3 is 0 Å². The van der Waals surface area contributed by atoms with E-state index in [0.717, 1.165) is 24.7 Å². The van der Waals surface area contributed by atoms with Crippen LogP contribution in [0.25, 0.3) is 0 Å². The van der Waals surface area contributed by atoms with E-state index in [9.17, 15) is 4.79 Å². The summed E-state index contributed by atoms with van der Waals surface area (Å²) in [4.78, 5) is 12.3. The number of ketones is 1. The van der Waals surface area contributed by atoms with Gasteiger partial charge in [0, 0.05) is 11.8 Å². The van der Waals surface area contributed by atoms with Crippen molar-refractivity contribution in [2.45, 2.75) is 64.7 Å². The number of allylic oxidation sites excluding steroid dienone is 4. The summed E-state index contributed by atoms with van der Waals surface area (Å²) in [6.07, 6.45) is 15.6. The maximum Gasteiger partial charge on any atom is 0.139 e. The lowest BCUT2D eigenvalue weighted by Gasteiger charge is -2.45. The van der Waals surface area contributed by atoms with Crippen molar-refractivity contribution < 1.29 is 4.79 Å². The zero-order valence-corrected chi connectivity index (χ0v) is 12.7. The second kappa shape index (κ2) is 4.58. The molecule has 0 bridgehead atoms. The highest BCUT2D eigenvalue weighted by molar-refractivity contribution is 5.87. The van der Waals surface area contributed by atoms with Crippen LogP contribution in [0.4, 0.5) is 0 Å². The number of hydrogen-bond acceptors (Lipinski definition) is 1. The average Bonchev–Trinajstić information content (AvgIpc) is 2.66. The smallest absolute Gasteiger partial charge is 0.139 e. The molecule has 0 aliphatic heterocycles. The summed E-state index contributed by atoms with van der Waals surface area (Å²) in [7, 11) is 0. The Hall–Kier alpha value is -0.850. The second-order valence-corrected chi connectivity index (χ2v) is 7.78. The summed E-state index contributed by atoms with van der Waals surface area (Å²) in [6.45, 7) is 2.28. The van der Waals surface area contributed by atoms with Gasteiger partial charge in [-0.25, -0.2) is 0 Å².